The Labute approximate surface area is 230 Å². The molecule has 4 nitrogen and oxygen atoms in total. The highest BCUT2D eigenvalue weighted by Gasteiger charge is 2.49. The maximum absolute atomic E-state index is 6.44. The topological polar surface area (TPSA) is 36.9 Å². The third-order valence-electron chi connectivity index (χ3n) is 7.69. The highest BCUT2D eigenvalue weighted by Crippen LogP contribution is 2.41. The zero-order valence-electron chi connectivity index (χ0n) is 27.2. The molecule has 0 aromatic carbocycles. The van der Waals surface area contributed by atoms with Crippen molar-refractivity contribution < 1.29 is 17.7 Å². The van der Waals surface area contributed by atoms with E-state index in [4.69, 9.17) is 17.7 Å². The van der Waals surface area contributed by atoms with Gasteiger partial charge in [0, 0.05) is 25.4 Å². The van der Waals surface area contributed by atoms with Gasteiger partial charge in [-0.3, -0.25) is 0 Å². The second-order valence-corrected chi connectivity index (χ2v) is 19.3. The summed E-state index contributed by atoms with van der Waals surface area (Å²) >= 11 is 0. The molecule has 4 atom stereocenters. The highest BCUT2D eigenvalue weighted by molar-refractivity contribution is 6.70. The molecule has 220 valence electrons. The van der Waals surface area contributed by atoms with Crippen molar-refractivity contribution in [2.24, 2.45) is 0 Å². The molecule has 0 saturated heterocycles. The molecule has 0 rings (SSSR count). The minimum Gasteiger partial charge on any atom is -0.394 e. The monoisotopic (exact) mass is 548 g/mol. The number of rotatable bonds is 20. The van der Waals surface area contributed by atoms with E-state index in [0.717, 1.165) is 51.7 Å². The summed E-state index contributed by atoms with van der Waals surface area (Å²) in [4.78, 5) is 0. The minimum absolute atomic E-state index is 0.253. The van der Waals surface area contributed by atoms with Gasteiger partial charge in [0.05, 0.1) is 0 Å². The van der Waals surface area contributed by atoms with Crippen molar-refractivity contribution >= 4 is 17.1 Å². The molecule has 0 aromatic rings. The van der Waals surface area contributed by atoms with E-state index in [-0.39, 0.29) is 12.2 Å². The van der Waals surface area contributed by atoms with Crippen LogP contribution >= 0.6 is 0 Å². The van der Waals surface area contributed by atoms with E-state index >= 15 is 0 Å². The lowest BCUT2D eigenvalue weighted by atomic mass is 10.3. The molecule has 0 aliphatic heterocycles. The van der Waals surface area contributed by atoms with E-state index in [0.29, 0.717) is 22.2 Å². The van der Waals surface area contributed by atoms with Crippen LogP contribution in [0, 0.1) is 0 Å². The molecule has 0 heterocycles. The molecular formula is C30H68O4Si2. The summed E-state index contributed by atoms with van der Waals surface area (Å²) in [5.41, 5.74) is 2.25. The Bertz CT molecular complexity index is 457. The Balaban J connectivity index is 0. The van der Waals surface area contributed by atoms with E-state index in [1.807, 2.05) is 0 Å². The maximum Gasteiger partial charge on any atom is 0.344 e. The van der Waals surface area contributed by atoms with Gasteiger partial charge in [-0.05, 0) is 62.7 Å². The van der Waals surface area contributed by atoms with Crippen LogP contribution in [0.25, 0.3) is 0 Å². The fourth-order valence-corrected chi connectivity index (χ4v) is 13.5. The van der Waals surface area contributed by atoms with E-state index in [1.54, 1.807) is 0 Å². The van der Waals surface area contributed by atoms with Crippen LogP contribution in [0.1, 0.15) is 148 Å². The van der Waals surface area contributed by atoms with Crippen molar-refractivity contribution in [3.63, 3.8) is 0 Å². The summed E-state index contributed by atoms with van der Waals surface area (Å²) in [7, 11) is -4.21. The molecule has 0 aliphatic carbocycles. The third-order valence-corrected chi connectivity index (χ3v) is 17.8. The van der Waals surface area contributed by atoms with Crippen molar-refractivity contribution in [1.29, 1.82) is 0 Å². The first-order valence-corrected chi connectivity index (χ1v) is 19.5. The zero-order valence-corrected chi connectivity index (χ0v) is 29.2. The van der Waals surface area contributed by atoms with Gasteiger partial charge in [0.1, 0.15) is 0 Å². The smallest absolute Gasteiger partial charge is 0.344 e. The lowest BCUT2D eigenvalue weighted by molar-refractivity contribution is 0.0894. The van der Waals surface area contributed by atoms with Crippen LogP contribution in [-0.2, 0) is 17.7 Å². The van der Waals surface area contributed by atoms with E-state index in [2.05, 4.69) is 96.9 Å². The molecule has 6 heteroatoms. The van der Waals surface area contributed by atoms with Gasteiger partial charge in [-0.2, -0.15) is 0 Å². The second kappa shape index (κ2) is 21.1. The number of hydrogen-bond acceptors (Lipinski definition) is 4. The first kappa shape index (κ1) is 38.4. The Morgan fingerprint density at radius 2 is 0.722 bits per heavy atom. The molecule has 4 unspecified atom stereocenters. The van der Waals surface area contributed by atoms with Gasteiger partial charge >= 0.3 is 17.1 Å². The summed E-state index contributed by atoms with van der Waals surface area (Å²) in [6.45, 7) is 32.9. The van der Waals surface area contributed by atoms with Gasteiger partial charge < -0.3 is 17.7 Å². The SMILES string of the molecule is CCC(C)[Si](OC(C)C)(OC(C)C)C(C)CC.CCCCO[Si](OCCCC)(C(C)CC)C(C)CC. The van der Waals surface area contributed by atoms with E-state index in [1.165, 1.54) is 12.8 Å². The largest absolute Gasteiger partial charge is 0.394 e. The Morgan fingerprint density at radius 1 is 0.444 bits per heavy atom. The molecular weight excluding hydrogens is 480 g/mol. The third kappa shape index (κ3) is 12.9. The van der Waals surface area contributed by atoms with Crippen LogP contribution in [0.4, 0.5) is 0 Å². The lowest BCUT2D eigenvalue weighted by Crippen LogP contribution is -2.52. The van der Waals surface area contributed by atoms with Crippen molar-refractivity contribution in [1.82, 2.24) is 0 Å². The van der Waals surface area contributed by atoms with Crippen LogP contribution in [0.3, 0.4) is 0 Å². The maximum atomic E-state index is 6.44. The van der Waals surface area contributed by atoms with Gasteiger partial charge in [0.25, 0.3) is 0 Å². The zero-order chi connectivity index (χ0) is 28.4. The van der Waals surface area contributed by atoms with E-state index < -0.39 is 17.1 Å². The molecule has 0 saturated carbocycles. The first-order valence-electron chi connectivity index (χ1n) is 15.5. The minimum atomic E-state index is -2.13. The van der Waals surface area contributed by atoms with Crippen LogP contribution in [-0.4, -0.2) is 42.5 Å². The van der Waals surface area contributed by atoms with Crippen LogP contribution < -0.4 is 0 Å². The van der Waals surface area contributed by atoms with Gasteiger partial charge in [-0.25, -0.2) is 0 Å². The molecule has 0 N–H and O–H groups in total. The van der Waals surface area contributed by atoms with Crippen molar-refractivity contribution in [2.75, 3.05) is 13.2 Å². The van der Waals surface area contributed by atoms with Gasteiger partial charge in [0.2, 0.25) is 0 Å². The van der Waals surface area contributed by atoms with Crippen LogP contribution in [0.2, 0.25) is 22.2 Å². The summed E-state index contributed by atoms with van der Waals surface area (Å²) in [5.74, 6) is 0. The Kier molecular flexibility index (Phi) is 22.6. The molecule has 0 fully saturated rings. The lowest BCUT2D eigenvalue weighted by Gasteiger charge is -2.42. The fourth-order valence-electron chi connectivity index (χ4n) is 4.70. The number of hydrogen-bond donors (Lipinski definition) is 0. The Morgan fingerprint density at radius 3 is 0.944 bits per heavy atom. The summed E-state index contributed by atoms with van der Waals surface area (Å²) in [6.07, 6.45) is 9.79. The van der Waals surface area contributed by atoms with Crippen molar-refractivity contribution in [3.05, 3.63) is 0 Å². The van der Waals surface area contributed by atoms with Gasteiger partial charge in [0.15, 0.2) is 0 Å². The summed E-state index contributed by atoms with van der Waals surface area (Å²) in [5, 5.41) is 0. The van der Waals surface area contributed by atoms with Crippen molar-refractivity contribution in [2.45, 2.75) is 183 Å². The summed E-state index contributed by atoms with van der Waals surface area (Å²) in [6, 6.07) is 0. The first-order chi connectivity index (χ1) is 16.9. The average Bonchev–Trinajstić information content (AvgIpc) is 2.85. The van der Waals surface area contributed by atoms with Crippen LogP contribution in [0.15, 0.2) is 0 Å². The predicted molar refractivity (Wildman–Crippen MR) is 165 cm³/mol. The molecule has 36 heavy (non-hydrogen) atoms. The fraction of sp³-hybridized carbons (Fsp3) is 1.00. The van der Waals surface area contributed by atoms with Crippen molar-refractivity contribution in [3.8, 4) is 0 Å². The van der Waals surface area contributed by atoms with Crippen LogP contribution in [0.5, 0.6) is 0 Å². The molecule has 0 aliphatic rings. The molecule has 0 spiro atoms. The molecule has 0 amide bonds. The summed E-state index contributed by atoms with van der Waals surface area (Å²) < 4.78 is 25.6. The molecule has 0 radical (unpaired) electrons. The molecule has 0 aromatic heterocycles. The normalized spacial score (nSPS) is 16.0. The standard InChI is InChI=1S/C16H36O2Si.C14H32O2Si/c1-7-11-13-17-19(15(5)9-3,16(6)10-4)18-14-12-8-2;1-9-13(7)17(14(8)10-2,15-11(3)4)16-12(5)6/h15-16H,7-14H2,1-6H3;11-14H,9-10H2,1-8H3. The Hall–Kier alpha value is 0.274. The molecule has 0 bridgehead atoms. The highest BCUT2D eigenvalue weighted by atomic mass is 28.4. The average molecular weight is 549 g/mol. The predicted octanol–water partition coefficient (Wildman–Crippen LogP) is 10.5. The second-order valence-electron chi connectivity index (χ2n) is 11.4. The van der Waals surface area contributed by atoms with E-state index in [9.17, 15) is 0 Å². The van der Waals surface area contributed by atoms with Gasteiger partial charge in [-0.1, -0.05) is 108 Å². The quantitative estimate of drug-likeness (QED) is 0.112. The van der Waals surface area contributed by atoms with Gasteiger partial charge in [-0.15, -0.1) is 0 Å². The number of unbranched alkanes of at least 4 members (excludes halogenated alkanes) is 2.